The van der Waals surface area contributed by atoms with Crippen LogP contribution in [0, 0.1) is 20.8 Å². The molecule has 0 saturated carbocycles. The molecule has 24 heavy (non-hydrogen) atoms. The molecule has 0 bridgehead atoms. The van der Waals surface area contributed by atoms with Crippen LogP contribution >= 0.6 is 11.8 Å². The van der Waals surface area contributed by atoms with E-state index in [1.54, 1.807) is 13.8 Å². The molecule has 0 aromatic carbocycles. The Labute approximate surface area is 144 Å². The third-order valence-electron chi connectivity index (χ3n) is 3.31. The van der Waals surface area contributed by atoms with Gasteiger partial charge in [0.05, 0.1) is 5.25 Å². The number of nitrogens with zero attached hydrogens (tertiary/aromatic N) is 4. The van der Waals surface area contributed by atoms with Gasteiger partial charge >= 0.3 is 0 Å². The molecule has 1 amide bonds. The molecule has 0 unspecified atom stereocenters. The fraction of sp³-hybridized carbons (Fsp3) is 0.533. The SMILES string of the molecule is Cc1cc(=O)[nH]c(S[C@H](C)C(=O)NCCCn2nc(C)nc2C)n1. The molecule has 0 saturated heterocycles. The highest BCUT2D eigenvalue weighted by Gasteiger charge is 2.15. The van der Waals surface area contributed by atoms with Gasteiger partial charge < -0.3 is 10.3 Å². The Bertz CT molecular complexity index is 770. The zero-order valence-corrected chi connectivity index (χ0v) is 15.1. The third kappa shape index (κ3) is 5.19. The van der Waals surface area contributed by atoms with Crippen LogP contribution in [0.4, 0.5) is 0 Å². The van der Waals surface area contributed by atoms with E-state index in [4.69, 9.17) is 0 Å². The normalized spacial score (nSPS) is 12.2. The van der Waals surface area contributed by atoms with E-state index in [1.807, 2.05) is 18.5 Å². The number of carbonyl (C=O) groups is 1. The second kappa shape index (κ2) is 8.09. The summed E-state index contributed by atoms with van der Waals surface area (Å²) >= 11 is 1.23. The van der Waals surface area contributed by atoms with Crippen LogP contribution in [0.1, 0.15) is 30.7 Å². The van der Waals surface area contributed by atoms with Crippen LogP contribution in [0.5, 0.6) is 0 Å². The average molecular weight is 350 g/mol. The minimum atomic E-state index is -0.342. The number of aryl methyl sites for hydroxylation is 4. The minimum Gasteiger partial charge on any atom is -0.355 e. The number of hydrogen-bond acceptors (Lipinski definition) is 6. The van der Waals surface area contributed by atoms with Crippen molar-refractivity contribution in [1.82, 2.24) is 30.0 Å². The maximum atomic E-state index is 12.1. The number of carbonyl (C=O) groups excluding carboxylic acids is 1. The highest BCUT2D eigenvalue weighted by Crippen LogP contribution is 2.18. The van der Waals surface area contributed by atoms with E-state index in [1.165, 1.54) is 17.8 Å². The Morgan fingerprint density at radius 3 is 2.75 bits per heavy atom. The van der Waals surface area contributed by atoms with Crippen LogP contribution in [0.15, 0.2) is 16.0 Å². The second-order valence-electron chi connectivity index (χ2n) is 5.53. The van der Waals surface area contributed by atoms with Gasteiger partial charge in [-0.3, -0.25) is 14.3 Å². The fourth-order valence-corrected chi connectivity index (χ4v) is 3.07. The van der Waals surface area contributed by atoms with Crippen molar-refractivity contribution in [2.45, 2.75) is 51.1 Å². The van der Waals surface area contributed by atoms with Crippen LogP contribution in [0.2, 0.25) is 0 Å². The smallest absolute Gasteiger partial charge is 0.251 e. The second-order valence-corrected chi connectivity index (χ2v) is 6.86. The molecule has 130 valence electrons. The lowest BCUT2D eigenvalue weighted by molar-refractivity contribution is -0.120. The first-order chi connectivity index (χ1) is 11.3. The standard InChI is InChI=1S/C15H22N6O2S/c1-9-8-13(22)19-15(17-9)24-10(2)14(23)16-6-5-7-21-12(4)18-11(3)20-21/h8,10H,5-7H2,1-4H3,(H,16,23)(H,17,19,22)/t10-/m1/s1. The topological polar surface area (TPSA) is 106 Å². The zero-order chi connectivity index (χ0) is 17.7. The van der Waals surface area contributed by atoms with Gasteiger partial charge in [-0.2, -0.15) is 5.10 Å². The lowest BCUT2D eigenvalue weighted by Crippen LogP contribution is -2.32. The Balaban J connectivity index is 1.77. The van der Waals surface area contributed by atoms with E-state index in [9.17, 15) is 9.59 Å². The number of amides is 1. The molecule has 0 fully saturated rings. The molecule has 0 aliphatic carbocycles. The van der Waals surface area contributed by atoms with Crippen molar-refractivity contribution in [3.63, 3.8) is 0 Å². The van der Waals surface area contributed by atoms with E-state index < -0.39 is 0 Å². The first-order valence-electron chi connectivity index (χ1n) is 7.75. The summed E-state index contributed by atoms with van der Waals surface area (Å²) < 4.78 is 1.83. The minimum absolute atomic E-state index is 0.0874. The first kappa shape index (κ1) is 18.2. The molecule has 0 radical (unpaired) electrons. The number of aromatic amines is 1. The summed E-state index contributed by atoms with van der Waals surface area (Å²) in [6.07, 6.45) is 0.770. The summed E-state index contributed by atoms with van der Waals surface area (Å²) in [7, 11) is 0. The van der Waals surface area contributed by atoms with Gasteiger partial charge in [-0.25, -0.2) is 9.97 Å². The maximum Gasteiger partial charge on any atom is 0.251 e. The summed E-state index contributed by atoms with van der Waals surface area (Å²) in [6.45, 7) is 8.56. The van der Waals surface area contributed by atoms with Gasteiger partial charge in [0.15, 0.2) is 5.16 Å². The largest absolute Gasteiger partial charge is 0.355 e. The fourth-order valence-electron chi connectivity index (χ4n) is 2.19. The predicted molar refractivity (Wildman–Crippen MR) is 92.0 cm³/mol. The maximum absolute atomic E-state index is 12.1. The van der Waals surface area contributed by atoms with Crippen LogP contribution in [0.25, 0.3) is 0 Å². The molecule has 2 aromatic rings. The van der Waals surface area contributed by atoms with E-state index in [-0.39, 0.29) is 16.7 Å². The molecule has 0 spiro atoms. The lowest BCUT2D eigenvalue weighted by Gasteiger charge is -2.11. The van der Waals surface area contributed by atoms with Crippen molar-refractivity contribution >= 4 is 17.7 Å². The third-order valence-corrected chi connectivity index (χ3v) is 4.30. The number of thioether (sulfide) groups is 1. The van der Waals surface area contributed by atoms with Gasteiger partial charge in [0.25, 0.3) is 5.56 Å². The zero-order valence-electron chi connectivity index (χ0n) is 14.3. The molecule has 8 nitrogen and oxygen atoms in total. The van der Waals surface area contributed by atoms with Gasteiger partial charge in [0.2, 0.25) is 5.91 Å². The molecule has 2 heterocycles. The molecular weight excluding hydrogens is 328 g/mol. The van der Waals surface area contributed by atoms with Gasteiger partial charge in [-0.15, -0.1) is 0 Å². The quantitative estimate of drug-likeness (QED) is 0.438. The van der Waals surface area contributed by atoms with E-state index >= 15 is 0 Å². The van der Waals surface area contributed by atoms with Crippen LogP contribution < -0.4 is 10.9 Å². The average Bonchev–Trinajstić information content (AvgIpc) is 2.80. The van der Waals surface area contributed by atoms with Crippen molar-refractivity contribution in [1.29, 1.82) is 0 Å². The highest BCUT2D eigenvalue weighted by molar-refractivity contribution is 8.00. The summed E-state index contributed by atoms with van der Waals surface area (Å²) in [6, 6.07) is 1.42. The molecule has 2 rings (SSSR count). The summed E-state index contributed by atoms with van der Waals surface area (Å²) in [4.78, 5) is 34.6. The molecule has 9 heteroatoms. The van der Waals surface area contributed by atoms with Crippen LogP contribution in [-0.4, -0.2) is 42.4 Å². The Kier molecular flexibility index (Phi) is 6.13. The summed E-state index contributed by atoms with van der Waals surface area (Å²) in [5.74, 6) is 1.54. The van der Waals surface area contributed by atoms with E-state index in [2.05, 4.69) is 25.4 Å². The van der Waals surface area contributed by atoms with Crippen molar-refractivity contribution in [3.8, 4) is 0 Å². The van der Waals surface area contributed by atoms with Gasteiger partial charge in [-0.1, -0.05) is 11.8 Å². The summed E-state index contributed by atoms with van der Waals surface area (Å²) in [5, 5.41) is 7.28. The predicted octanol–water partition coefficient (Wildman–Crippen LogP) is 0.974. The van der Waals surface area contributed by atoms with E-state index in [0.717, 1.165) is 18.1 Å². The lowest BCUT2D eigenvalue weighted by atomic mass is 10.4. The number of hydrogen-bond donors (Lipinski definition) is 2. The Morgan fingerprint density at radius 1 is 1.38 bits per heavy atom. The van der Waals surface area contributed by atoms with Gasteiger partial charge in [-0.05, 0) is 34.1 Å². The number of aromatic nitrogens is 5. The van der Waals surface area contributed by atoms with Gasteiger partial charge in [0, 0.05) is 24.8 Å². The van der Waals surface area contributed by atoms with Crippen LogP contribution in [0.3, 0.4) is 0 Å². The molecule has 0 aliphatic rings. The molecular formula is C15H22N6O2S. The van der Waals surface area contributed by atoms with E-state index in [0.29, 0.717) is 23.9 Å². The first-order valence-corrected chi connectivity index (χ1v) is 8.63. The van der Waals surface area contributed by atoms with Crippen molar-refractivity contribution in [2.75, 3.05) is 6.54 Å². The number of rotatable bonds is 7. The van der Waals surface area contributed by atoms with Crippen molar-refractivity contribution < 1.29 is 4.79 Å². The number of nitrogens with one attached hydrogen (secondary N) is 2. The molecule has 0 aliphatic heterocycles. The molecule has 1 atom stereocenters. The van der Waals surface area contributed by atoms with Gasteiger partial charge in [0.1, 0.15) is 11.6 Å². The number of H-pyrrole nitrogens is 1. The monoisotopic (exact) mass is 350 g/mol. The van der Waals surface area contributed by atoms with Crippen molar-refractivity contribution in [3.05, 3.63) is 33.8 Å². The highest BCUT2D eigenvalue weighted by atomic mass is 32.2. The molecule has 2 N–H and O–H groups in total. The molecule has 2 aromatic heterocycles. The van der Waals surface area contributed by atoms with Crippen molar-refractivity contribution in [2.24, 2.45) is 0 Å². The van der Waals surface area contributed by atoms with Crippen LogP contribution in [-0.2, 0) is 11.3 Å². The Hall–Kier alpha value is -2.16. The summed E-state index contributed by atoms with van der Waals surface area (Å²) in [5.41, 5.74) is 0.420. The Morgan fingerprint density at radius 2 is 2.12 bits per heavy atom.